The number of aliphatic hydroxyl groups is 2. The summed E-state index contributed by atoms with van der Waals surface area (Å²) in [6.07, 6.45) is 7.74. The number of rotatable bonds is 4. The Hall–Kier alpha value is -1.43. The fourth-order valence-electron chi connectivity index (χ4n) is 5.35. The number of carbonyl (C=O) groups excluding carboxylic acids is 1. The zero-order valence-corrected chi connectivity index (χ0v) is 15.9. The highest BCUT2D eigenvalue weighted by Crippen LogP contribution is 2.61. The van der Waals surface area contributed by atoms with Crippen LogP contribution in [-0.2, 0) is 14.3 Å². The van der Waals surface area contributed by atoms with E-state index in [4.69, 9.17) is 9.47 Å². The van der Waals surface area contributed by atoms with E-state index in [9.17, 15) is 15.0 Å². The summed E-state index contributed by atoms with van der Waals surface area (Å²) in [5, 5.41) is 20.6. The van der Waals surface area contributed by atoms with Gasteiger partial charge in [0.15, 0.2) is 0 Å². The molecule has 6 atom stereocenters. The monoisotopic (exact) mass is 362 g/mol. The molecule has 0 bridgehead atoms. The molecule has 0 aromatic carbocycles. The van der Waals surface area contributed by atoms with E-state index in [1.165, 1.54) is 7.11 Å². The van der Waals surface area contributed by atoms with Gasteiger partial charge < -0.3 is 19.7 Å². The van der Waals surface area contributed by atoms with Crippen molar-refractivity contribution in [1.82, 2.24) is 0 Å². The number of esters is 1. The molecule has 3 aliphatic rings. The van der Waals surface area contributed by atoms with Gasteiger partial charge >= 0.3 is 5.97 Å². The van der Waals surface area contributed by atoms with Gasteiger partial charge in [0.05, 0.1) is 18.3 Å². The second-order valence-electron chi connectivity index (χ2n) is 8.44. The topological polar surface area (TPSA) is 76.0 Å². The third-order valence-electron chi connectivity index (χ3n) is 7.03. The molecule has 0 unspecified atom stereocenters. The number of aliphatic hydroxyl groups excluding tert-OH is 2. The highest BCUT2D eigenvalue weighted by atomic mass is 16.7. The summed E-state index contributed by atoms with van der Waals surface area (Å²) in [5.74, 6) is -0.0921. The Balaban J connectivity index is 1.90. The van der Waals surface area contributed by atoms with Gasteiger partial charge in [0, 0.05) is 18.4 Å². The van der Waals surface area contributed by atoms with Crippen LogP contribution >= 0.6 is 0 Å². The number of carbonyl (C=O) groups is 1. The maximum absolute atomic E-state index is 11.9. The predicted octanol–water partition coefficient (Wildman–Crippen LogP) is 2.74. The lowest BCUT2D eigenvalue weighted by Crippen LogP contribution is -2.57. The van der Waals surface area contributed by atoms with E-state index in [-0.39, 0.29) is 29.8 Å². The molecule has 0 aromatic heterocycles. The van der Waals surface area contributed by atoms with Crippen LogP contribution in [0.5, 0.6) is 0 Å². The van der Waals surface area contributed by atoms with E-state index in [1.807, 2.05) is 13.0 Å². The first-order valence-corrected chi connectivity index (χ1v) is 9.36. The van der Waals surface area contributed by atoms with Crippen LogP contribution in [0.15, 0.2) is 36.0 Å². The smallest absolute Gasteiger partial charge is 0.340 e. The summed E-state index contributed by atoms with van der Waals surface area (Å²) >= 11 is 0. The molecule has 2 N–H and O–H groups in total. The van der Waals surface area contributed by atoms with Crippen molar-refractivity contribution in [3.05, 3.63) is 36.0 Å². The van der Waals surface area contributed by atoms with Gasteiger partial charge in [-0.1, -0.05) is 38.2 Å². The maximum atomic E-state index is 11.9. The molecule has 2 aliphatic carbocycles. The molecule has 0 amide bonds. The van der Waals surface area contributed by atoms with Gasteiger partial charge in [-0.05, 0) is 43.1 Å². The van der Waals surface area contributed by atoms with Crippen LogP contribution in [-0.4, -0.2) is 42.3 Å². The van der Waals surface area contributed by atoms with Gasteiger partial charge in [0.1, 0.15) is 0 Å². The van der Waals surface area contributed by atoms with Gasteiger partial charge in [0.2, 0.25) is 6.29 Å². The summed E-state index contributed by atoms with van der Waals surface area (Å²) < 4.78 is 10.2. The van der Waals surface area contributed by atoms with Crippen LogP contribution in [0.1, 0.15) is 39.5 Å². The molecule has 2 fully saturated rings. The molecule has 5 heteroatoms. The average Bonchev–Trinajstić information content (AvgIpc) is 2.98. The molecule has 26 heavy (non-hydrogen) atoms. The number of methoxy groups -OCH3 is 1. The molecule has 1 aliphatic heterocycles. The van der Waals surface area contributed by atoms with Gasteiger partial charge in [-0.25, -0.2) is 4.79 Å². The van der Waals surface area contributed by atoms with Gasteiger partial charge in [-0.2, -0.15) is 0 Å². The van der Waals surface area contributed by atoms with Crippen molar-refractivity contribution < 1.29 is 24.5 Å². The average molecular weight is 362 g/mol. The first-order valence-electron chi connectivity index (χ1n) is 9.36. The summed E-state index contributed by atoms with van der Waals surface area (Å²) in [5.41, 5.74) is 1.03. The van der Waals surface area contributed by atoms with Crippen LogP contribution < -0.4 is 0 Å². The third kappa shape index (κ3) is 2.96. The zero-order valence-electron chi connectivity index (χ0n) is 15.9. The number of fused-ring (bicyclic) bond motifs is 1. The second kappa shape index (κ2) is 6.95. The minimum atomic E-state index is -0.623. The molecule has 0 spiro atoms. The Labute approximate surface area is 155 Å². The normalized spacial score (nSPS) is 43.3. The molecule has 144 valence electrons. The quantitative estimate of drug-likeness (QED) is 0.594. The molecular formula is C21H30O5. The lowest BCUT2D eigenvalue weighted by Gasteiger charge is -2.59. The number of ether oxygens (including phenoxy) is 2. The Kier molecular flexibility index (Phi) is 5.17. The second-order valence-corrected chi connectivity index (χ2v) is 8.44. The number of hydrogen-bond acceptors (Lipinski definition) is 5. The summed E-state index contributed by atoms with van der Waals surface area (Å²) in [4.78, 5) is 11.9. The van der Waals surface area contributed by atoms with Crippen molar-refractivity contribution in [2.45, 2.75) is 51.9 Å². The number of allylic oxidation sites excluding steroid dienone is 2. The maximum Gasteiger partial charge on any atom is 0.340 e. The lowest BCUT2D eigenvalue weighted by atomic mass is 9.46. The zero-order chi connectivity index (χ0) is 19.1. The molecular weight excluding hydrogens is 332 g/mol. The van der Waals surface area contributed by atoms with E-state index in [0.29, 0.717) is 12.0 Å². The van der Waals surface area contributed by atoms with Crippen molar-refractivity contribution in [2.75, 3.05) is 13.7 Å². The van der Waals surface area contributed by atoms with E-state index in [0.717, 1.165) is 24.8 Å². The van der Waals surface area contributed by atoms with Crippen LogP contribution in [0.2, 0.25) is 0 Å². The Morgan fingerprint density at radius 3 is 2.77 bits per heavy atom. The third-order valence-corrected chi connectivity index (χ3v) is 7.03. The molecule has 1 heterocycles. The van der Waals surface area contributed by atoms with Crippen LogP contribution in [0.3, 0.4) is 0 Å². The fraction of sp³-hybridized carbons (Fsp3) is 0.667. The minimum Gasteiger partial charge on any atom is -0.428 e. The van der Waals surface area contributed by atoms with Crippen molar-refractivity contribution in [3.8, 4) is 0 Å². The minimum absolute atomic E-state index is 0.0235. The Bertz CT molecular complexity index is 651. The van der Waals surface area contributed by atoms with Crippen molar-refractivity contribution >= 4 is 5.97 Å². The first kappa shape index (κ1) is 19.3. The summed E-state index contributed by atoms with van der Waals surface area (Å²) in [7, 11) is 1.50. The fourth-order valence-corrected chi connectivity index (χ4v) is 5.35. The van der Waals surface area contributed by atoms with Gasteiger partial charge in [0.25, 0.3) is 0 Å². The molecule has 0 saturated heterocycles. The van der Waals surface area contributed by atoms with Crippen LogP contribution in [0.4, 0.5) is 0 Å². The van der Waals surface area contributed by atoms with Gasteiger partial charge in [-0.3, -0.25) is 0 Å². The first-order chi connectivity index (χ1) is 12.3. The van der Waals surface area contributed by atoms with Crippen molar-refractivity contribution in [1.29, 1.82) is 0 Å². The lowest BCUT2D eigenvalue weighted by molar-refractivity contribution is -0.154. The van der Waals surface area contributed by atoms with Crippen molar-refractivity contribution in [3.63, 3.8) is 0 Å². The molecule has 5 nitrogen and oxygen atoms in total. The molecule has 3 rings (SSSR count). The van der Waals surface area contributed by atoms with E-state index in [1.54, 1.807) is 6.08 Å². The van der Waals surface area contributed by atoms with Crippen LogP contribution in [0, 0.1) is 22.7 Å². The molecule has 0 radical (unpaired) electrons. The standard InChI is InChI=1S/C21H30O5/c1-13-5-8-16-20(2,10-9-17(23)21(16,3)12-22)15(13)7-6-14-11-18(25-4)26-19(14)24/h6-7,11,15-18,22-23H,1,5,8-10,12H2,2-4H3/b7-6-/t15-,16+,17-,18-,20+,21+/m1/s1. The number of cyclic esters (lactones) is 1. The Morgan fingerprint density at radius 2 is 2.15 bits per heavy atom. The highest BCUT2D eigenvalue weighted by Gasteiger charge is 2.57. The van der Waals surface area contributed by atoms with Crippen molar-refractivity contribution in [2.24, 2.45) is 22.7 Å². The predicted molar refractivity (Wildman–Crippen MR) is 98.0 cm³/mol. The van der Waals surface area contributed by atoms with E-state index >= 15 is 0 Å². The van der Waals surface area contributed by atoms with Gasteiger partial charge in [-0.15, -0.1) is 0 Å². The SMILES string of the molecule is C=C1CC[C@@H]2[C@](C)(CO)[C@H](O)CC[C@@]2(C)[C@@H]1/C=C\C1=C[C@H](OC)OC1=O. The highest BCUT2D eigenvalue weighted by molar-refractivity contribution is 5.93. The largest absolute Gasteiger partial charge is 0.428 e. The molecule has 2 saturated carbocycles. The summed E-state index contributed by atoms with van der Waals surface area (Å²) in [6, 6.07) is 0. The van der Waals surface area contributed by atoms with Crippen LogP contribution in [0.25, 0.3) is 0 Å². The van der Waals surface area contributed by atoms with E-state index in [2.05, 4.69) is 19.6 Å². The number of hydrogen-bond donors (Lipinski definition) is 2. The van der Waals surface area contributed by atoms with E-state index < -0.39 is 17.8 Å². The molecule has 0 aromatic rings. The summed E-state index contributed by atoms with van der Waals surface area (Å²) in [6.45, 7) is 8.49. The Morgan fingerprint density at radius 1 is 1.42 bits per heavy atom.